The van der Waals surface area contributed by atoms with Crippen LogP contribution in [0.5, 0.6) is 5.75 Å². The summed E-state index contributed by atoms with van der Waals surface area (Å²) in [5.74, 6) is -0.249. The van der Waals surface area contributed by atoms with Crippen molar-refractivity contribution >= 4 is 17.6 Å². The number of carbonyl (C=O) groups is 2. The quantitative estimate of drug-likeness (QED) is 0.782. The molecule has 0 aliphatic carbocycles. The van der Waals surface area contributed by atoms with Crippen LogP contribution in [0, 0.1) is 0 Å². The van der Waals surface area contributed by atoms with Crippen molar-refractivity contribution in [3.63, 3.8) is 0 Å². The minimum atomic E-state index is -0.548. The number of esters is 1. The second-order valence-electron chi connectivity index (χ2n) is 5.64. The second-order valence-corrected chi connectivity index (χ2v) is 5.64. The van der Waals surface area contributed by atoms with Crippen LogP contribution in [0.25, 0.3) is 0 Å². The monoisotopic (exact) mass is 342 g/mol. The molecule has 0 spiro atoms. The third-order valence-corrected chi connectivity index (χ3v) is 3.60. The van der Waals surface area contributed by atoms with Crippen molar-refractivity contribution in [3.05, 3.63) is 59.7 Å². The molecule has 0 fully saturated rings. The Morgan fingerprint density at radius 1 is 1.00 bits per heavy atom. The van der Waals surface area contributed by atoms with Gasteiger partial charge in [0.2, 0.25) is 0 Å². The zero-order chi connectivity index (χ0) is 18.2. The molecule has 2 aromatic rings. The smallest absolute Gasteiger partial charge is 0.338 e. The van der Waals surface area contributed by atoms with Crippen molar-refractivity contribution in [1.82, 2.24) is 5.32 Å². The molecule has 2 rings (SSSR count). The Hall–Kier alpha value is -3.02. The first kappa shape index (κ1) is 18.3. The number of methoxy groups -OCH3 is 1. The molecule has 0 radical (unpaired) electrons. The molecule has 0 heterocycles. The maximum atomic E-state index is 11.9. The standard InChI is InChI=1S/C19H22N2O4/c1-21(2)16-8-4-14(5-9-16)12-20-18(22)13-25-19(23)15-6-10-17(24-3)11-7-15/h4-11H,12-13H2,1-3H3,(H,20,22). The molecule has 2 aromatic carbocycles. The van der Waals surface area contributed by atoms with Crippen LogP contribution < -0.4 is 15.0 Å². The number of ether oxygens (including phenoxy) is 2. The number of hydrogen-bond donors (Lipinski definition) is 1. The van der Waals surface area contributed by atoms with Crippen LogP contribution in [0.15, 0.2) is 48.5 Å². The highest BCUT2D eigenvalue weighted by Gasteiger charge is 2.10. The largest absolute Gasteiger partial charge is 0.497 e. The molecule has 25 heavy (non-hydrogen) atoms. The van der Waals surface area contributed by atoms with Gasteiger partial charge in [-0.2, -0.15) is 0 Å². The zero-order valence-corrected chi connectivity index (χ0v) is 14.6. The van der Waals surface area contributed by atoms with E-state index in [1.807, 2.05) is 43.3 Å². The summed E-state index contributed by atoms with van der Waals surface area (Å²) < 4.78 is 10.0. The molecular formula is C19H22N2O4. The van der Waals surface area contributed by atoms with Gasteiger partial charge in [0, 0.05) is 26.3 Å². The fraction of sp³-hybridized carbons (Fsp3) is 0.263. The molecule has 6 nitrogen and oxygen atoms in total. The number of nitrogens with zero attached hydrogens (tertiary/aromatic N) is 1. The van der Waals surface area contributed by atoms with E-state index in [0.29, 0.717) is 17.9 Å². The van der Waals surface area contributed by atoms with Gasteiger partial charge in [-0.3, -0.25) is 4.79 Å². The van der Waals surface area contributed by atoms with Crippen molar-refractivity contribution in [2.24, 2.45) is 0 Å². The third-order valence-electron chi connectivity index (χ3n) is 3.60. The van der Waals surface area contributed by atoms with Crippen molar-refractivity contribution in [1.29, 1.82) is 0 Å². The molecule has 1 amide bonds. The van der Waals surface area contributed by atoms with E-state index in [1.165, 1.54) is 0 Å². The highest BCUT2D eigenvalue weighted by atomic mass is 16.5. The van der Waals surface area contributed by atoms with Crippen LogP contribution in [-0.4, -0.2) is 39.7 Å². The van der Waals surface area contributed by atoms with E-state index in [9.17, 15) is 9.59 Å². The fourth-order valence-electron chi connectivity index (χ4n) is 2.11. The zero-order valence-electron chi connectivity index (χ0n) is 14.6. The van der Waals surface area contributed by atoms with Gasteiger partial charge >= 0.3 is 5.97 Å². The van der Waals surface area contributed by atoms with Crippen LogP contribution in [0.3, 0.4) is 0 Å². The number of amides is 1. The van der Waals surface area contributed by atoms with Gasteiger partial charge in [-0.1, -0.05) is 12.1 Å². The number of benzene rings is 2. The highest BCUT2D eigenvalue weighted by molar-refractivity contribution is 5.91. The van der Waals surface area contributed by atoms with Gasteiger partial charge in [0.25, 0.3) is 5.91 Å². The van der Waals surface area contributed by atoms with E-state index >= 15 is 0 Å². The summed E-state index contributed by atoms with van der Waals surface area (Å²) in [5, 5.41) is 2.72. The molecule has 6 heteroatoms. The molecule has 0 aromatic heterocycles. The third kappa shape index (κ3) is 5.53. The van der Waals surface area contributed by atoms with Crippen LogP contribution in [0.2, 0.25) is 0 Å². The summed E-state index contributed by atoms with van der Waals surface area (Å²) >= 11 is 0. The van der Waals surface area contributed by atoms with Crippen LogP contribution >= 0.6 is 0 Å². The van der Waals surface area contributed by atoms with Gasteiger partial charge in [-0.05, 0) is 42.0 Å². The number of anilines is 1. The second kappa shape index (κ2) is 8.73. The lowest BCUT2D eigenvalue weighted by molar-refractivity contribution is -0.124. The van der Waals surface area contributed by atoms with E-state index in [0.717, 1.165) is 11.3 Å². The molecule has 0 saturated carbocycles. The molecule has 0 aliphatic rings. The van der Waals surface area contributed by atoms with Gasteiger partial charge in [-0.25, -0.2) is 4.79 Å². The normalized spacial score (nSPS) is 10.0. The Balaban J connectivity index is 1.77. The minimum absolute atomic E-state index is 0.319. The van der Waals surface area contributed by atoms with Crippen LogP contribution in [0.4, 0.5) is 5.69 Å². The fourth-order valence-corrected chi connectivity index (χ4v) is 2.11. The molecule has 0 bridgehead atoms. The highest BCUT2D eigenvalue weighted by Crippen LogP contribution is 2.13. The van der Waals surface area contributed by atoms with Crippen molar-refractivity contribution < 1.29 is 19.1 Å². The van der Waals surface area contributed by atoms with Crippen LogP contribution in [0.1, 0.15) is 15.9 Å². The number of carbonyl (C=O) groups excluding carboxylic acids is 2. The molecule has 1 N–H and O–H groups in total. The Bertz CT molecular complexity index is 709. The average Bonchev–Trinajstić information content (AvgIpc) is 2.64. The summed E-state index contributed by atoms with van der Waals surface area (Å²) in [5.41, 5.74) is 2.43. The first-order chi connectivity index (χ1) is 12.0. The van der Waals surface area contributed by atoms with Crippen LogP contribution in [-0.2, 0) is 16.1 Å². The van der Waals surface area contributed by atoms with Gasteiger partial charge in [-0.15, -0.1) is 0 Å². The van der Waals surface area contributed by atoms with Crippen molar-refractivity contribution in [3.8, 4) is 5.75 Å². The number of hydrogen-bond acceptors (Lipinski definition) is 5. The lowest BCUT2D eigenvalue weighted by atomic mass is 10.2. The molecule has 0 aliphatic heterocycles. The average molecular weight is 342 g/mol. The first-order valence-electron chi connectivity index (χ1n) is 7.83. The topological polar surface area (TPSA) is 67.9 Å². The summed E-state index contributed by atoms with van der Waals surface area (Å²) in [6.45, 7) is 0.0628. The number of rotatable bonds is 7. The molecular weight excluding hydrogens is 320 g/mol. The first-order valence-corrected chi connectivity index (χ1v) is 7.83. The Morgan fingerprint density at radius 3 is 2.20 bits per heavy atom. The van der Waals surface area contributed by atoms with E-state index in [-0.39, 0.29) is 12.5 Å². The Kier molecular flexibility index (Phi) is 6.39. The lowest BCUT2D eigenvalue weighted by Crippen LogP contribution is -2.28. The van der Waals surface area contributed by atoms with E-state index < -0.39 is 5.97 Å². The van der Waals surface area contributed by atoms with E-state index in [1.54, 1.807) is 31.4 Å². The predicted octanol–water partition coefficient (Wildman–Crippen LogP) is 2.23. The predicted molar refractivity (Wildman–Crippen MR) is 95.9 cm³/mol. The summed E-state index contributed by atoms with van der Waals surface area (Å²) in [6.07, 6.45) is 0. The van der Waals surface area contributed by atoms with E-state index in [4.69, 9.17) is 9.47 Å². The maximum absolute atomic E-state index is 11.9. The van der Waals surface area contributed by atoms with Gasteiger partial charge in [0.05, 0.1) is 12.7 Å². The summed E-state index contributed by atoms with van der Waals surface area (Å²) in [6, 6.07) is 14.3. The lowest BCUT2D eigenvalue weighted by Gasteiger charge is -2.13. The number of nitrogens with one attached hydrogen (secondary N) is 1. The molecule has 0 unspecified atom stereocenters. The maximum Gasteiger partial charge on any atom is 0.338 e. The minimum Gasteiger partial charge on any atom is -0.497 e. The molecule has 0 atom stereocenters. The Labute approximate surface area is 147 Å². The van der Waals surface area contributed by atoms with Crippen molar-refractivity contribution in [2.75, 3.05) is 32.7 Å². The van der Waals surface area contributed by atoms with Gasteiger partial charge in [0.15, 0.2) is 6.61 Å². The van der Waals surface area contributed by atoms with Gasteiger partial charge < -0.3 is 19.7 Å². The summed E-state index contributed by atoms with van der Waals surface area (Å²) in [7, 11) is 5.48. The molecule has 132 valence electrons. The van der Waals surface area contributed by atoms with Gasteiger partial charge in [0.1, 0.15) is 5.75 Å². The summed E-state index contributed by atoms with van der Waals surface area (Å²) in [4.78, 5) is 25.7. The van der Waals surface area contributed by atoms with Crippen molar-refractivity contribution in [2.45, 2.75) is 6.54 Å². The SMILES string of the molecule is COc1ccc(C(=O)OCC(=O)NCc2ccc(N(C)C)cc2)cc1. The Morgan fingerprint density at radius 2 is 1.64 bits per heavy atom. The molecule has 0 saturated heterocycles. The van der Waals surface area contributed by atoms with E-state index in [2.05, 4.69) is 5.32 Å².